The molecule has 1 rings (SSSR count). The molecule has 15 heavy (non-hydrogen) atoms. The fourth-order valence-electron chi connectivity index (χ4n) is 1.02. The zero-order chi connectivity index (χ0) is 11.3. The summed E-state index contributed by atoms with van der Waals surface area (Å²) in [6, 6.07) is 8.70. The molecule has 0 spiro atoms. The van der Waals surface area contributed by atoms with E-state index in [-0.39, 0.29) is 12.5 Å². The Labute approximate surface area is 87.9 Å². The third kappa shape index (κ3) is 3.42. The quantitative estimate of drug-likeness (QED) is 0.778. The molecule has 0 aromatic heterocycles. The van der Waals surface area contributed by atoms with Gasteiger partial charge in [0.2, 0.25) is 0 Å². The number of carbonyl (C=O) groups excluding carboxylic acids is 1. The van der Waals surface area contributed by atoms with Crippen LogP contribution in [0.1, 0.15) is 17.3 Å². The van der Waals surface area contributed by atoms with Gasteiger partial charge in [-0.05, 0) is 12.1 Å². The Kier molecular flexibility index (Phi) is 3.85. The topological polar surface area (TPSA) is 66.4 Å². The van der Waals surface area contributed by atoms with Crippen molar-refractivity contribution in [3.63, 3.8) is 0 Å². The monoisotopic (exact) mass is 207 g/mol. The molecule has 0 aliphatic carbocycles. The minimum Gasteiger partial charge on any atom is -0.481 e. The van der Waals surface area contributed by atoms with Crippen molar-refractivity contribution in [3.05, 3.63) is 35.9 Å². The van der Waals surface area contributed by atoms with Crippen LogP contribution in [-0.4, -0.2) is 23.5 Å². The number of benzene rings is 1. The van der Waals surface area contributed by atoms with Crippen LogP contribution in [0, 0.1) is 5.92 Å². The van der Waals surface area contributed by atoms with Crippen LogP contribution < -0.4 is 5.32 Å². The summed E-state index contributed by atoms with van der Waals surface area (Å²) in [5.74, 6) is -1.73. The maximum absolute atomic E-state index is 11.5. The van der Waals surface area contributed by atoms with Gasteiger partial charge in [0.05, 0.1) is 5.92 Å². The van der Waals surface area contributed by atoms with Crippen LogP contribution >= 0.6 is 0 Å². The van der Waals surface area contributed by atoms with Crippen LogP contribution in [0.2, 0.25) is 0 Å². The molecular formula is C11H13NO3. The van der Waals surface area contributed by atoms with Crippen LogP contribution in [0.4, 0.5) is 0 Å². The molecule has 0 unspecified atom stereocenters. The largest absolute Gasteiger partial charge is 0.481 e. The van der Waals surface area contributed by atoms with Crippen LogP contribution in [-0.2, 0) is 4.79 Å². The normalized spacial score (nSPS) is 11.8. The Bertz CT molecular complexity index is 348. The van der Waals surface area contributed by atoms with E-state index in [9.17, 15) is 9.59 Å². The molecule has 0 heterocycles. The van der Waals surface area contributed by atoms with E-state index >= 15 is 0 Å². The van der Waals surface area contributed by atoms with E-state index < -0.39 is 11.9 Å². The fourth-order valence-corrected chi connectivity index (χ4v) is 1.02. The minimum atomic E-state index is -0.914. The van der Waals surface area contributed by atoms with Gasteiger partial charge in [-0.25, -0.2) is 0 Å². The Balaban J connectivity index is 2.47. The lowest BCUT2D eigenvalue weighted by atomic mass is 10.1. The summed E-state index contributed by atoms with van der Waals surface area (Å²) >= 11 is 0. The van der Waals surface area contributed by atoms with Gasteiger partial charge >= 0.3 is 5.97 Å². The molecule has 0 fully saturated rings. The predicted molar refractivity (Wildman–Crippen MR) is 55.6 cm³/mol. The van der Waals surface area contributed by atoms with Crippen LogP contribution in [0.5, 0.6) is 0 Å². The van der Waals surface area contributed by atoms with E-state index in [1.165, 1.54) is 0 Å². The number of nitrogens with one attached hydrogen (secondary N) is 1. The molecule has 0 bridgehead atoms. The lowest BCUT2D eigenvalue weighted by molar-refractivity contribution is -0.140. The summed E-state index contributed by atoms with van der Waals surface area (Å²) in [7, 11) is 0. The molecule has 1 aromatic rings. The summed E-state index contributed by atoms with van der Waals surface area (Å²) < 4.78 is 0. The smallest absolute Gasteiger partial charge is 0.308 e. The maximum Gasteiger partial charge on any atom is 0.308 e. The fraction of sp³-hybridized carbons (Fsp3) is 0.273. The van der Waals surface area contributed by atoms with Gasteiger partial charge < -0.3 is 10.4 Å². The number of aliphatic carboxylic acids is 1. The molecule has 80 valence electrons. The molecule has 0 saturated heterocycles. The molecule has 0 aliphatic rings. The number of amides is 1. The van der Waals surface area contributed by atoms with Gasteiger partial charge in [-0.3, -0.25) is 9.59 Å². The number of carbonyl (C=O) groups is 2. The van der Waals surface area contributed by atoms with Crippen molar-refractivity contribution in [2.75, 3.05) is 6.54 Å². The highest BCUT2D eigenvalue weighted by Gasteiger charge is 2.12. The van der Waals surface area contributed by atoms with Crippen molar-refractivity contribution in [1.29, 1.82) is 0 Å². The first-order chi connectivity index (χ1) is 7.11. The van der Waals surface area contributed by atoms with E-state index in [0.29, 0.717) is 5.56 Å². The SMILES string of the molecule is C[C@@H](CNC(=O)c1ccccc1)C(=O)O. The second-order valence-electron chi connectivity index (χ2n) is 3.32. The second kappa shape index (κ2) is 5.14. The van der Waals surface area contributed by atoms with E-state index in [1.54, 1.807) is 31.2 Å². The first kappa shape index (κ1) is 11.2. The maximum atomic E-state index is 11.5. The molecule has 0 saturated carbocycles. The van der Waals surface area contributed by atoms with Gasteiger partial charge in [-0.15, -0.1) is 0 Å². The molecular weight excluding hydrogens is 194 g/mol. The van der Waals surface area contributed by atoms with E-state index in [1.807, 2.05) is 6.07 Å². The lowest BCUT2D eigenvalue weighted by Crippen LogP contribution is -2.31. The number of carboxylic acids is 1. The highest BCUT2D eigenvalue weighted by molar-refractivity contribution is 5.94. The summed E-state index contributed by atoms with van der Waals surface area (Å²) in [5.41, 5.74) is 0.537. The minimum absolute atomic E-state index is 0.142. The highest BCUT2D eigenvalue weighted by atomic mass is 16.4. The zero-order valence-electron chi connectivity index (χ0n) is 8.43. The Morgan fingerprint density at radius 1 is 1.33 bits per heavy atom. The van der Waals surface area contributed by atoms with E-state index in [4.69, 9.17) is 5.11 Å². The summed E-state index contributed by atoms with van der Waals surface area (Å²) in [5, 5.41) is 11.2. The van der Waals surface area contributed by atoms with Crippen molar-refractivity contribution in [2.45, 2.75) is 6.92 Å². The molecule has 0 radical (unpaired) electrons. The molecule has 1 atom stereocenters. The van der Waals surface area contributed by atoms with Crippen LogP contribution in [0.3, 0.4) is 0 Å². The Hall–Kier alpha value is -1.84. The van der Waals surface area contributed by atoms with Gasteiger partial charge in [0, 0.05) is 12.1 Å². The third-order valence-corrected chi connectivity index (χ3v) is 2.03. The second-order valence-corrected chi connectivity index (χ2v) is 3.32. The number of hydrogen-bond donors (Lipinski definition) is 2. The molecule has 2 N–H and O–H groups in total. The van der Waals surface area contributed by atoms with Gasteiger partial charge in [0.1, 0.15) is 0 Å². The van der Waals surface area contributed by atoms with E-state index in [2.05, 4.69) is 5.32 Å². The molecule has 1 amide bonds. The number of hydrogen-bond acceptors (Lipinski definition) is 2. The number of rotatable bonds is 4. The van der Waals surface area contributed by atoms with Crippen molar-refractivity contribution in [3.8, 4) is 0 Å². The van der Waals surface area contributed by atoms with Crippen molar-refractivity contribution < 1.29 is 14.7 Å². The van der Waals surface area contributed by atoms with Crippen LogP contribution in [0.15, 0.2) is 30.3 Å². The summed E-state index contributed by atoms with van der Waals surface area (Å²) in [4.78, 5) is 22.0. The third-order valence-electron chi connectivity index (χ3n) is 2.03. The average molecular weight is 207 g/mol. The zero-order valence-corrected chi connectivity index (χ0v) is 8.43. The molecule has 4 heteroatoms. The summed E-state index contributed by atoms with van der Waals surface area (Å²) in [6.45, 7) is 1.69. The number of carboxylic acid groups (broad SMARTS) is 1. The Morgan fingerprint density at radius 3 is 2.47 bits per heavy atom. The van der Waals surface area contributed by atoms with Gasteiger partial charge in [-0.2, -0.15) is 0 Å². The predicted octanol–water partition coefficient (Wildman–Crippen LogP) is 1.14. The van der Waals surface area contributed by atoms with Crippen molar-refractivity contribution in [2.24, 2.45) is 5.92 Å². The first-order valence-corrected chi connectivity index (χ1v) is 4.67. The highest BCUT2D eigenvalue weighted by Crippen LogP contribution is 1.99. The van der Waals surface area contributed by atoms with Gasteiger partial charge in [0.25, 0.3) is 5.91 Å². The molecule has 4 nitrogen and oxygen atoms in total. The Morgan fingerprint density at radius 2 is 1.93 bits per heavy atom. The standard InChI is InChI=1S/C11H13NO3/c1-8(11(14)15)7-12-10(13)9-5-3-2-4-6-9/h2-6,8H,7H2,1H3,(H,12,13)(H,14,15)/t8-/m0/s1. The van der Waals surface area contributed by atoms with Crippen LogP contribution in [0.25, 0.3) is 0 Å². The van der Waals surface area contributed by atoms with Gasteiger partial charge in [-0.1, -0.05) is 25.1 Å². The van der Waals surface area contributed by atoms with Crippen molar-refractivity contribution in [1.82, 2.24) is 5.32 Å². The lowest BCUT2D eigenvalue weighted by Gasteiger charge is -2.07. The van der Waals surface area contributed by atoms with E-state index in [0.717, 1.165) is 0 Å². The first-order valence-electron chi connectivity index (χ1n) is 4.67. The molecule has 1 aromatic carbocycles. The summed E-state index contributed by atoms with van der Waals surface area (Å²) in [6.07, 6.45) is 0. The average Bonchev–Trinajstić information content (AvgIpc) is 2.26. The molecule has 0 aliphatic heterocycles. The van der Waals surface area contributed by atoms with Gasteiger partial charge in [0.15, 0.2) is 0 Å². The van der Waals surface area contributed by atoms with Crippen molar-refractivity contribution >= 4 is 11.9 Å².